The molecule has 9 nitrogen and oxygen atoms in total. The minimum atomic E-state index is 0.0329. The van der Waals surface area contributed by atoms with Gasteiger partial charge in [0.05, 0.1) is 52.9 Å². The Morgan fingerprint density at radius 3 is 1.10 bits per heavy atom. The van der Waals surface area contributed by atoms with Crippen LogP contribution in [-0.4, -0.2) is 90.7 Å². The lowest BCUT2D eigenvalue weighted by Gasteiger charge is -2.07. The molecule has 0 amide bonds. The quantitative estimate of drug-likeness (QED) is 0.284. The van der Waals surface area contributed by atoms with Crippen molar-refractivity contribution in [2.75, 3.05) is 79.2 Å². The minimum absolute atomic E-state index is 0.0329. The molecule has 0 radical (unpaired) electrons. The van der Waals surface area contributed by atoms with Crippen molar-refractivity contribution < 1.29 is 33.3 Å². The number of carbonyl (C=O) groups excluding carboxylic acids is 2. The Labute approximate surface area is 175 Å². The molecule has 174 valence electrons. The van der Waals surface area contributed by atoms with Crippen LogP contribution in [0.5, 0.6) is 0 Å². The summed E-state index contributed by atoms with van der Waals surface area (Å²) in [4.78, 5) is 22.2. The summed E-state index contributed by atoms with van der Waals surface area (Å²) in [5, 5.41) is 0. The molecular formula is C20H42N2O7. The smallest absolute Gasteiger partial charge is 0.160 e. The number of ether oxygens (including phenoxy) is 5. The average molecular weight is 423 g/mol. The van der Waals surface area contributed by atoms with E-state index in [1.54, 1.807) is 0 Å². The molecule has 9 heteroatoms. The Morgan fingerprint density at radius 2 is 0.828 bits per heavy atom. The molecule has 0 fully saturated rings. The summed E-state index contributed by atoms with van der Waals surface area (Å²) in [5.41, 5.74) is 10.5. The van der Waals surface area contributed by atoms with Crippen LogP contribution in [0.15, 0.2) is 0 Å². The second-order valence-electron chi connectivity index (χ2n) is 6.76. The minimum Gasteiger partial charge on any atom is -0.378 e. The number of rotatable bonds is 19. The van der Waals surface area contributed by atoms with Crippen molar-refractivity contribution in [3.05, 3.63) is 0 Å². The zero-order valence-electron chi connectivity index (χ0n) is 18.7. The number of ketones is 2. The lowest BCUT2D eigenvalue weighted by atomic mass is 10.1. The Morgan fingerprint density at radius 1 is 0.552 bits per heavy atom. The van der Waals surface area contributed by atoms with Crippen LogP contribution in [0.3, 0.4) is 0 Å². The van der Waals surface area contributed by atoms with Crippen LogP contribution in [0.4, 0.5) is 0 Å². The van der Waals surface area contributed by atoms with Gasteiger partial charge in [-0.05, 0) is 0 Å². The topological polar surface area (TPSA) is 132 Å². The zero-order chi connectivity index (χ0) is 22.3. The highest BCUT2D eigenvalue weighted by Crippen LogP contribution is 1.95. The van der Waals surface area contributed by atoms with Gasteiger partial charge in [-0.15, -0.1) is 0 Å². The van der Waals surface area contributed by atoms with Crippen molar-refractivity contribution in [1.29, 1.82) is 0 Å². The highest BCUT2D eigenvalue weighted by Gasteiger charge is 2.06. The predicted molar refractivity (Wildman–Crippen MR) is 112 cm³/mol. The van der Waals surface area contributed by atoms with Gasteiger partial charge < -0.3 is 35.2 Å². The van der Waals surface area contributed by atoms with Gasteiger partial charge in [0, 0.05) is 24.9 Å². The number of nitrogens with two attached hydrogens (primary N) is 2. The van der Waals surface area contributed by atoms with Gasteiger partial charge in [0.15, 0.2) is 11.6 Å². The first kappa shape index (κ1) is 30.3. The SMILES string of the molecule is CC(C)C(=O)COCCOCCN.CC(C)C(=O)COCCOCCOCCN. The van der Waals surface area contributed by atoms with Gasteiger partial charge in [-0.25, -0.2) is 0 Å². The summed E-state index contributed by atoms with van der Waals surface area (Å²) in [5.74, 6) is 0.320. The number of hydrogen-bond acceptors (Lipinski definition) is 9. The molecule has 0 aliphatic carbocycles. The molecule has 0 bridgehead atoms. The highest BCUT2D eigenvalue weighted by molar-refractivity contribution is 5.81. The molecule has 0 saturated carbocycles. The molecule has 0 aromatic carbocycles. The summed E-state index contributed by atoms with van der Waals surface area (Å²) < 4.78 is 25.6. The first-order valence-corrected chi connectivity index (χ1v) is 10.2. The third kappa shape index (κ3) is 25.0. The van der Waals surface area contributed by atoms with Crippen molar-refractivity contribution in [3.8, 4) is 0 Å². The summed E-state index contributed by atoms with van der Waals surface area (Å²) in [6, 6.07) is 0. The molecule has 4 N–H and O–H groups in total. The summed E-state index contributed by atoms with van der Waals surface area (Å²) in [7, 11) is 0. The highest BCUT2D eigenvalue weighted by atomic mass is 16.5. The Balaban J connectivity index is 0. The van der Waals surface area contributed by atoms with Crippen LogP contribution in [0.2, 0.25) is 0 Å². The molecule has 0 spiro atoms. The van der Waals surface area contributed by atoms with Crippen LogP contribution in [0, 0.1) is 11.8 Å². The lowest BCUT2D eigenvalue weighted by molar-refractivity contribution is -0.127. The van der Waals surface area contributed by atoms with E-state index in [4.69, 9.17) is 35.2 Å². The zero-order valence-corrected chi connectivity index (χ0v) is 18.7. The fraction of sp³-hybridized carbons (Fsp3) is 0.900. The summed E-state index contributed by atoms with van der Waals surface area (Å²) in [6.45, 7) is 12.9. The number of carbonyl (C=O) groups is 2. The van der Waals surface area contributed by atoms with E-state index in [9.17, 15) is 9.59 Å². The van der Waals surface area contributed by atoms with Crippen LogP contribution in [0.25, 0.3) is 0 Å². The molecule has 0 rings (SSSR count). The van der Waals surface area contributed by atoms with E-state index in [0.717, 1.165) is 0 Å². The van der Waals surface area contributed by atoms with Crippen LogP contribution >= 0.6 is 0 Å². The van der Waals surface area contributed by atoms with Gasteiger partial charge >= 0.3 is 0 Å². The third-order valence-corrected chi connectivity index (χ3v) is 3.42. The Kier molecular flexibility index (Phi) is 24.3. The van der Waals surface area contributed by atoms with Gasteiger partial charge in [0.1, 0.15) is 13.2 Å². The van der Waals surface area contributed by atoms with Crippen molar-refractivity contribution in [3.63, 3.8) is 0 Å². The largest absolute Gasteiger partial charge is 0.378 e. The molecule has 0 atom stereocenters. The summed E-state index contributed by atoms with van der Waals surface area (Å²) >= 11 is 0. The second-order valence-corrected chi connectivity index (χ2v) is 6.76. The predicted octanol–water partition coefficient (Wildman–Crippen LogP) is 0.423. The van der Waals surface area contributed by atoms with E-state index < -0.39 is 0 Å². The van der Waals surface area contributed by atoms with Gasteiger partial charge in [-0.3, -0.25) is 9.59 Å². The fourth-order valence-electron chi connectivity index (χ4n) is 1.51. The average Bonchev–Trinajstić information content (AvgIpc) is 2.69. The van der Waals surface area contributed by atoms with Crippen LogP contribution in [-0.2, 0) is 33.3 Å². The fourth-order valence-corrected chi connectivity index (χ4v) is 1.51. The maximum absolute atomic E-state index is 11.2. The molecule has 29 heavy (non-hydrogen) atoms. The molecule has 0 aliphatic heterocycles. The van der Waals surface area contributed by atoms with Crippen molar-refractivity contribution >= 4 is 11.6 Å². The Bertz CT molecular complexity index is 380. The van der Waals surface area contributed by atoms with Gasteiger partial charge in [0.2, 0.25) is 0 Å². The van der Waals surface area contributed by atoms with E-state index >= 15 is 0 Å². The van der Waals surface area contributed by atoms with Gasteiger partial charge in [0.25, 0.3) is 0 Å². The number of Topliss-reactive ketones (excluding diaryl/α,β-unsaturated/α-hetero) is 2. The maximum Gasteiger partial charge on any atom is 0.160 e. The second kappa shape index (κ2) is 23.3. The molecule has 0 heterocycles. The molecule has 0 saturated heterocycles. The van der Waals surface area contributed by atoms with Crippen molar-refractivity contribution in [1.82, 2.24) is 0 Å². The van der Waals surface area contributed by atoms with E-state index in [1.807, 2.05) is 27.7 Å². The van der Waals surface area contributed by atoms with E-state index in [2.05, 4.69) is 0 Å². The molecule has 0 aromatic heterocycles. The molecule has 0 aromatic rings. The molecule has 0 aliphatic rings. The lowest BCUT2D eigenvalue weighted by Crippen LogP contribution is -2.17. The van der Waals surface area contributed by atoms with Gasteiger partial charge in [-0.1, -0.05) is 27.7 Å². The van der Waals surface area contributed by atoms with E-state index in [0.29, 0.717) is 65.9 Å². The van der Waals surface area contributed by atoms with Gasteiger partial charge in [-0.2, -0.15) is 0 Å². The van der Waals surface area contributed by atoms with Crippen molar-refractivity contribution in [2.45, 2.75) is 27.7 Å². The number of hydrogen-bond donors (Lipinski definition) is 2. The normalized spacial score (nSPS) is 10.9. The molecule has 0 unspecified atom stereocenters. The van der Waals surface area contributed by atoms with Crippen LogP contribution in [0.1, 0.15) is 27.7 Å². The third-order valence-electron chi connectivity index (χ3n) is 3.42. The maximum atomic E-state index is 11.2. The van der Waals surface area contributed by atoms with Crippen molar-refractivity contribution in [2.24, 2.45) is 23.3 Å². The van der Waals surface area contributed by atoms with E-state index in [-0.39, 0.29) is 36.6 Å². The summed E-state index contributed by atoms with van der Waals surface area (Å²) in [6.07, 6.45) is 0. The standard InChI is InChI=1S/C11H23NO4.C9H19NO3/c1-10(2)11(13)9-16-8-7-15-6-5-14-4-3-12;1-8(2)9(11)7-13-6-5-12-4-3-10/h10H,3-9,12H2,1-2H3;8H,3-7,10H2,1-2H3. The Hall–Kier alpha value is -0.940. The first-order valence-electron chi connectivity index (χ1n) is 10.2. The van der Waals surface area contributed by atoms with Crippen LogP contribution < -0.4 is 11.5 Å². The monoisotopic (exact) mass is 422 g/mol. The first-order chi connectivity index (χ1) is 13.9. The van der Waals surface area contributed by atoms with E-state index in [1.165, 1.54) is 0 Å². The molecular weight excluding hydrogens is 380 g/mol.